The minimum Gasteiger partial charge on any atom is -0.493 e. The summed E-state index contributed by atoms with van der Waals surface area (Å²) in [5.41, 5.74) is 2.61. The number of likely N-dealkylation sites (tertiary alicyclic amines) is 1. The number of benzene rings is 2. The smallest absolute Gasteiger partial charge is 0.277 e. The van der Waals surface area contributed by atoms with E-state index >= 15 is 0 Å². The van der Waals surface area contributed by atoms with E-state index in [9.17, 15) is 9.59 Å². The van der Waals surface area contributed by atoms with Crippen molar-refractivity contribution in [3.05, 3.63) is 77.2 Å². The Bertz CT molecular complexity index is 1110. The van der Waals surface area contributed by atoms with Gasteiger partial charge in [-0.15, -0.1) is 0 Å². The lowest BCUT2D eigenvalue weighted by Crippen LogP contribution is -2.38. The van der Waals surface area contributed by atoms with Crippen molar-refractivity contribution in [3.63, 3.8) is 0 Å². The van der Waals surface area contributed by atoms with Gasteiger partial charge in [0, 0.05) is 30.3 Å². The van der Waals surface area contributed by atoms with Crippen LogP contribution in [0.3, 0.4) is 0 Å². The summed E-state index contributed by atoms with van der Waals surface area (Å²) in [5, 5.41) is 6.76. The number of hydrogen-bond donors (Lipinski definition) is 1. The third-order valence-corrected chi connectivity index (χ3v) is 5.82. The van der Waals surface area contributed by atoms with E-state index in [-0.39, 0.29) is 23.6 Å². The molecule has 158 valence electrons. The number of para-hydroxylation sites is 1. The van der Waals surface area contributed by atoms with Gasteiger partial charge in [0.2, 0.25) is 0 Å². The van der Waals surface area contributed by atoms with E-state index in [0.717, 1.165) is 37.0 Å². The molecule has 0 saturated carbocycles. The quantitative estimate of drug-likeness (QED) is 0.687. The summed E-state index contributed by atoms with van der Waals surface area (Å²) in [6.45, 7) is 1.30. The zero-order valence-electron chi connectivity index (χ0n) is 17.0. The molecule has 2 aromatic carbocycles. The zero-order valence-corrected chi connectivity index (χ0v) is 17.0. The first-order valence-corrected chi connectivity index (χ1v) is 10.6. The van der Waals surface area contributed by atoms with Gasteiger partial charge in [-0.3, -0.25) is 9.59 Å². The molecular weight excluding hydrogens is 394 g/mol. The number of nitrogens with one attached hydrogen (secondary N) is 1. The van der Waals surface area contributed by atoms with Crippen LogP contribution in [0.5, 0.6) is 5.75 Å². The van der Waals surface area contributed by atoms with Crippen molar-refractivity contribution >= 4 is 17.5 Å². The zero-order chi connectivity index (χ0) is 21.2. The first-order chi connectivity index (χ1) is 15.2. The van der Waals surface area contributed by atoms with E-state index in [1.807, 2.05) is 53.4 Å². The van der Waals surface area contributed by atoms with Crippen LogP contribution in [0.4, 0.5) is 5.69 Å². The Morgan fingerprint density at radius 2 is 1.94 bits per heavy atom. The highest BCUT2D eigenvalue weighted by Crippen LogP contribution is 2.34. The minimum atomic E-state index is -0.339. The largest absolute Gasteiger partial charge is 0.493 e. The molecule has 0 bridgehead atoms. The second-order valence-corrected chi connectivity index (χ2v) is 7.87. The number of carbonyl (C=O) groups excluding carboxylic acids is 2. The van der Waals surface area contributed by atoms with Crippen LogP contribution in [-0.2, 0) is 6.42 Å². The second kappa shape index (κ2) is 8.26. The van der Waals surface area contributed by atoms with Crippen LogP contribution in [0.2, 0.25) is 0 Å². The number of piperidine rings is 1. The number of nitrogens with zero attached hydrogens (tertiary/aromatic N) is 2. The molecule has 31 heavy (non-hydrogen) atoms. The van der Waals surface area contributed by atoms with Crippen molar-refractivity contribution in [2.45, 2.75) is 31.7 Å². The Morgan fingerprint density at radius 3 is 2.81 bits per heavy atom. The monoisotopic (exact) mass is 417 g/mol. The number of anilines is 1. The van der Waals surface area contributed by atoms with Crippen molar-refractivity contribution in [1.29, 1.82) is 0 Å². The van der Waals surface area contributed by atoms with Crippen molar-refractivity contribution in [2.24, 2.45) is 0 Å². The number of aromatic nitrogens is 1. The highest BCUT2D eigenvalue weighted by atomic mass is 16.5. The summed E-state index contributed by atoms with van der Waals surface area (Å²) in [5.74, 6) is 1.02. The van der Waals surface area contributed by atoms with Gasteiger partial charge in [0.1, 0.15) is 5.75 Å². The van der Waals surface area contributed by atoms with Gasteiger partial charge in [0.15, 0.2) is 11.5 Å². The maximum atomic E-state index is 13.3. The molecule has 1 N–H and O–H groups in total. The van der Waals surface area contributed by atoms with Crippen molar-refractivity contribution in [1.82, 2.24) is 10.1 Å². The molecule has 3 aromatic rings. The van der Waals surface area contributed by atoms with Gasteiger partial charge in [0.25, 0.3) is 11.8 Å². The molecule has 5 rings (SSSR count). The predicted octanol–water partition coefficient (Wildman–Crippen LogP) is 4.23. The molecule has 2 amide bonds. The van der Waals surface area contributed by atoms with Crippen molar-refractivity contribution in [3.8, 4) is 5.75 Å². The molecule has 1 aromatic heterocycles. The molecule has 1 atom stereocenters. The fourth-order valence-electron chi connectivity index (χ4n) is 4.23. The van der Waals surface area contributed by atoms with E-state index in [1.165, 1.54) is 0 Å². The summed E-state index contributed by atoms with van der Waals surface area (Å²) >= 11 is 0. The number of carbonyl (C=O) groups is 2. The average molecular weight is 417 g/mol. The lowest BCUT2D eigenvalue weighted by molar-refractivity contribution is 0.0569. The van der Waals surface area contributed by atoms with Crippen LogP contribution >= 0.6 is 0 Å². The van der Waals surface area contributed by atoms with E-state index in [2.05, 4.69) is 10.5 Å². The molecule has 1 fully saturated rings. The van der Waals surface area contributed by atoms with Gasteiger partial charge in [-0.1, -0.05) is 23.4 Å². The maximum absolute atomic E-state index is 13.3. The van der Waals surface area contributed by atoms with Crippen LogP contribution < -0.4 is 10.1 Å². The molecule has 0 spiro atoms. The van der Waals surface area contributed by atoms with Gasteiger partial charge in [-0.25, -0.2) is 0 Å². The topological polar surface area (TPSA) is 84.7 Å². The highest BCUT2D eigenvalue weighted by Gasteiger charge is 2.32. The van der Waals surface area contributed by atoms with Crippen molar-refractivity contribution in [2.75, 3.05) is 18.5 Å². The van der Waals surface area contributed by atoms with Gasteiger partial charge >= 0.3 is 0 Å². The molecule has 0 aliphatic carbocycles. The number of rotatable bonds is 4. The summed E-state index contributed by atoms with van der Waals surface area (Å²) in [6.07, 6.45) is 3.51. The average Bonchev–Trinajstić information content (AvgIpc) is 3.48. The van der Waals surface area contributed by atoms with E-state index in [0.29, 0.717) is 30.2 Å². The Morgan fingerprint density at radius 1 is 1.06 bits per heavy atom. The standard InChI is InChI=1S/C24H23N3O4/c28-23(25-18-6-2-1-3-7-18)19-15-22(31-26-19)20-8-4-5-12-27(20)24(29)17-9-10-21-16(14-17)11-13-30-21/h1-3,6-7,9-10,14-15,20H,4-5,8,11-13H2,(H,25,28). The lowest BCUT2D eigenvalue weighted by atomic mass is 9.98. The first kappa shape index (κ1) is 19.4. The number of fused-ring (bicyclic) bond motifs is 1. The Kier molecular flexibility index (Phi) is 5.16. The van der Waals surface area contributed by atoms with Gasteiger partial charge in [-0.2, -0.15) is 0 Å². The molecule has 2 aliphatic heterocycles. The van der Waals surface area contributed by atoms with E-state index in [4.69, 9.17) is 9.26 Å². The van der Waals surface area contributed by atoms with E-state index < -0.39 is 0 Å². The number of amides is 2. The maximum Gasteiger partial charge on any atom is 0.277 e. The van der Waals surface area contributed by atoms with Gasteiger partial charge < -0.3 is 19.5 Å². The van der Waals surface area contributed by atoms with Crippen LogP contribution in [0.15, 0.2) is 59.1 Å². The summed E-state index contributed by atoms with van der Waals surface area (Å²) in [6, 6.07) is 16.2. The lowest BCUT2D eigenvalue weighted by Gasteiger charge is -2.34. The fourth-order valence-corrected chi connectivity index (χ4v) is 4.23. The molecule has 2 aliphatic rings. The van der Waals surface area contributed by atoms with Crippen molar-refractivity contribution < 1.29 is 18.8 Å². The molecule has 0 radical (unpaired) electrons. The van der Waals surface area contributed by atoms with Gasteiger partial charge in [-0.05, 0) is 55.2 Å². The third-order valence-electron chi connectivity index (χ3n) is 5.82. The van der Waals surface area contributed by atoms with Gasteiger partial charge in [0.05, 0.1) is 12.6 Å². The molecule has 3 heterocycles. The van der Waals surface area contributed by atoms with Crippen LogP contribution in [-0.4, -0.2) is 35.0 Å². The molecular formula is C24H23N3O4. The predicted molar refractivity (Wildman–Crippen MR) is 114 cm³/mol. The van der Waals surface area contributed by atoms with E-state index in [1.54, 1.807) is 6.07 Å². The summed E-state index contributed by atoms with van der Waals surface area (Å²) < 4.78 is 11.1. The summed E-state index contributed by atoms with van der Waals surface area (Å²) in [4.78, 5) is 27.7. The summed E-state index contributed by atoms with van der Waals surface area (Å²) in [7, 11) is 0. The molecule has 1 unspecified atom stereocenters. The van der Waals surface area contributed by atoms with Crippen LogP contribution in [0.1, 0.15) is 57.5 Å². The van der Waals surface area contributed by atoms with Crippen LogP contribution in [0, 0.1) is 0 Å². The third kappa shape index (κ3) is 3.91. The normalized spacial score (nSPS) is 17.7. The number of ether oxygens (including phenoxy) is 1. The molecule has 7 heteroatoms. The van der Waals surface area contributed by atoms with Crippen LogP contribution in [0.25, 0.3) is 0 Å². The highest BCUT2D eigenvalue weighted by molar-refractivity contribution is 6.02. The minimum absolute atomic E-state index is 0.0360. The SMILES string of the molecule is O=C(Nc1ccccc1)c1cc(C2CCCCN2C(=O)c2ccc3c(c2)CCO3)on1. The first-order valence-electron chi connectivity index (χ1n) is 10.6. The molecule has 1 saturated heterocycles. The second-order valence-electron chi connectivity index (χ2n) is 7.87. The molecule has 7 nitrogen and oxygen atoms in total. The Balaban J connectivity index is 1.35. The Hall–Kier alpha value is -3.61. The number of hydrogen-bond acceptors (Lipinski definition) is 5. The Labute approximate surface area is 180 Å². The fraction of sp³-hybridized carbons (Fsp3) is 0.292.